The largest absolute Gasteiger partial charge is 0.397 e. The number of halogens is 1. The second-order valence-electron chi connectivity index (χ2n) is 4.73. The number of nitrogens with two attached hydrogens (primary N) is 1. The molecule has 1 aliphatic rings. The van der Waals surface area contributed by atoms with Crippen LogP contribution in [0.5, 0.6) is 0 Å². The summed E-state index contributed by atoms with van der Waals surface area (Å²) in [5.41, 5.74) is 6.62. The molecule has 0 spiro atoms. The first kappa shape index (κ1) is 14.3. The summed E-state index contributed by atoms with van der Waals surface area (Å²) in [7, 11) is 0. The van der Waals surface area contributed by atoms with Crippen molar-refractivity contribution in [3.63, 3.8) is 0 Å². The first-order valence-electron chi connectivity index (χ1n) is 6.38. The number of nitrogens with zero attached hydrogens (tertiary/aromatic N) is 2. The smallest absolute Gasteiger partial charge is 0.266 e. The predicted molar refractivity (Wildman–Crippen MR) is 85.2 cm³/mol. The van der Waals surface area contributed by atoms with Crippen LogP contribution in [0.25, 0.3) is 10.1 Å². The topological polar surface area (TPSA) is 79.4 Å². The monoisotopic (exact) mass is 365 g/mol. The molecule has 2 N–H and O–H groups in total. The Bertz CT molecular complexity index is 752. The molecule has 0 saturated carbocycles. The van der Waals surface area contributed by atoms with Gasteiger partial charge in [-0.3, -0.25) is 4.79 Å². The number of amides is 1. The maximum absolute atomic E-state index is 12.6. The highest BCUT2D eigenvalue weighted by atomic mass is 79.9. The van der Waals surface area contributed by atoms with Gasteiger partial charge >= 0.3 is 0 Å². The summed E-state index contributed by atoms with van der Waals surface area (Å²) in [5, 5.41) is 9.81. The van der Waals surface area contributed by atoms with Crippen molar-refractivity contribution in [2.75, 3.05) is 25.4 Å². The molecule has 0 radical (unpaired) electrons. The van der Waals surface area contributed by atoms with Crippen LogP contribution in [-0.4, -0.2) is 36.6 Å². The number of fused-ring (bicyclic) bond motifs is 1. The van der Waals surface area contributed by atoms with Crippen LogP contribution in [0.15, 0.2) is 22.7 Å². The minimum absolute atomic E-state index is 0.131. The Morgan fingerprint density at radius 1 is 1.57 bits per heavy atom. The summed E-state index contributed by atoms with van der Waals surface area (Å²) >= 11 is 4.79. The van der Waals surface area contributed by atoms with Crippen molar-refractivity contribution in [2.24, 2.45) is 0 Å². The molecule has 2 aromatic rings. The molecule has 3 rings (SSSR count). The predicted octanol–water partition coefficient (Wildman–Crippen LogP) is 2.61. The molecule has 2 heterocycles. The minimum Gasteiger partial charge on any atom is -0.397 e. The summed E-state index contributed by atoms with van der Waals surface area (Å²) in [4.78, 5) is 14.8. The summed E-state index contributed by atoms with van der Waals surface area (Å²) in [5.74, 6) is -0.131. The van der Waals surface area contributed by atoms with Crippen LogP contribution in [0.3, 0.4) is 0 Å². The maximum atomic E-state index is 12.6. The quantitative estimate of drug-likeness (QED) is 0.842. The number of nitriles is 1. The van der Waals surface area contributed by atoms with Gasteiger partial charge in [-0.15, -0.1) is 11.3 Å². The Kier molecular flexibility index (Phi) is 3.85. The van der Waals surface area contributed by atoms with Gasteiger partial charge in [0.2, 0.25) is 0 Å². The molecule has 108 valence electrons. The minimum atomic E-state index is -0.563. The van der Waals surface area contributed by atoms with E-state index in [1.54, 1.807) is 4.90 Å². The molecule has 5 nitrogen and oxygen atoms in total. The van der Waals surface area contributed by atoms with E-state index in [1.807, 2.05) is 24.3 Å². The van der Waals surface area contributed by atoms with Crippen LogP contribution in [0.2, 0.25) is 0 Å². The van der Waals surface area contributed by atoms with E-state index >= 15 is 0 Å². The van der Waals surface area contributed by atoms with Gasteiger partial charge in [-0.05, 0) is 12.1 Å². The molecule has 21 heavy (non-hydrogen) atoms. The third-order valence-corrected chi connectivity index (χ3v) is 5.03. The first-order chi connectivity index (χ1) is 10.1. The zero-order chi connectivity index (χ0) is 15.0. The maximum Gasteiger partial charge on any atom is 0.266 e. The fraction of sp³-hybridized carbons (Fsp3) is 0.286. The van der Waals surface area contributed by atoms with Crippen molar-refractivity contribution in [3.8, 4) is 6.07 Å². The number of anilines is 1. The molecule has 1 amide bonds. The van der Waals surface area contributed by atoms with E-state index in [2.05, 4.69) is 15.9 Å². The Morgan fingerprint density at radius 2 is 2.38 bits per heavy atom. The fourth-order valence-corrected chi connectivity index (χ4v) is 3.95. The molecule has 0 bridgehead atoms. The highest BCUT2D eigenvalue weighted by Gasteiger charge is 2.27. The van der Waals surface area contributed by atoms with Gasteiger partial charge in [-0.25, -0.2) is 0 Å². The molecule has 7 heteroatoms. The van der Waals surface area contributed by atoms with Gasteiger partial charge in [0, 0.05) is 21.1 Å². The second kappa shape index (κ2) is 5.64. The Morgan fingerprint density at radius 3 is 3.14 bits per heavy atom. The van der Waals surface area contributed by atoms with Gasteiger partial charge in [0.15, 0.2) is 6.10 Å². The molecule has 1 aliphatic heterocycles. The van der Waals surface area contributed by atoms with Gasteiger partial charge in [0.05, 0.1) is 24.9 Å². The number of carbonyl (C=O) groups excluding carboxylic acids is 1. The van der Waals surface area contributed by atoms with Crippen LogP contribution in [0.1, 0.15) is 9.67 Å². The van der Waals surface area contributed by atoms with Crippen LogP contribution in [-0.2, 0) is 4.74 Å². The van der Waals surface area contributed by atoms with Gasteiger partial charge in [-0.1, -0.05) is 22.0 Å². The fourth-order valence-electron chi connectivity index (χ4n) is 2.30. The van der Waals surface area contributed by atoms with Crippen LogP contribution >= 0.6 is 27.3 Å². The average molecular weight is 366 g/mol. The number of morpholine rings is 1. The van der Waals surface area contributed by atoms with E-state index in [1.165, 1.54) is 11.3 Å². The standard InChI is InChI=1S/C14H12BrN3O2S/c15-8-1-2-10-11(5-8)21-13(12(10)17)14(19)18-3-4-20-9(6-16)7-18/h1-2,5,9H,3-4,7,17H2. The third-order valence-electron chi connectivity index (χ3n) is 3.38. The Balaban J connectivity index is 1.94. The summed E-state index contributed by atoms with van der Waals surface area (Å²) < 4.78 is 7.18. The zero-order valence-electron chi connectivity index (χ0n) is 11.0. The lowest BCUT2D eigenvalue weighted by Gasteiger charge is -2.29. The number of nitrogen functional groups attached to an aromatic ring is 1. The molecular formula is C14H12BrN3O2S. The number of rotatable bonds is 1. The van der Waals surface area contributed by atoms with Gasteiger partial charge in [0.1, 0.15) is 4.88 Å². The van der Waals surface area contributed by atoms with Crippen molar-refractivity contribution in [2.45, 2.75) is 6.10 Å². The van der Waals surface area contributed by atoms with Crippen molar-refractivity contribution in [1.82, 2.24) is 4.90 Å². The molecule has 1 fully saturated rings. The summed E-state index contributed by atoms with van der Waals surface area (Å²) in [6.45, 7) is 1.14. The number of hydrogen-bond donors (Lipinski definition) is 1. The molecular weight excluding hydrogens is 354 g/mol. The summed E-state index contributed by atoms with van der Waals surface area (Å²) in [6, 6.07) is 7.79. The van der Waals surface area contributed by atoms with Crippen molar-refractivity contribution < 1.29 is 9.53 Å². The van der Waals surface area contributed by atoms with Gasteiger partial charge < -0.3 is 15.4 Å². The molecule has 1 atom stereocenters. The number of hydrogen-bond acceptors (Lipinski definition) is 5. The van der Waals surface area contributed by atoms with Crippen molar-refractivity contribution in [3.05, 3.63) is 27.5 Å². The normalized spacial score (nSPS) is 18.7. The number of ether oxygens (including phenoxy) is 1. The third kappa shape index (κ3) is 2.62. The van der Waals surface area contributed by atoms with Crippen LogP contribution < -0.4 is 5.73 Å². The molecule has 1 aromatic heterocycles. The van der Waals surface area contributed by atoms with Crippen LogP contribution in [0, 0.1) is 11.3 Å². The van der Waals surface area contributed by atoms with E-state index in [0.29, 0.717) is 23.7 Å². The average Bonchev–Trinajstić information content (AvgIpc) is 2.83. The number of thiophene rings is 1. The molecule has 1 aromatic carbocycles. The lowest BCUT2D eigenvalue weighted by molar-refractivity contribution is 0.00374. The van der Waals surface area contributed by atoms with Gasteiger partial charge in [-0.2, -0.15) is 5.26 Å². The summed E-state index contributed by atoms with van der Waals surface area (Å²) in [6.07, 6.45) is -0.563. The molecule has 1 saturated heterocycles. The highest BCUT2D eigenvalue weighted by Crippen LogP contribution is 2.36. The second-order valence-corrected chi connectivity index (χ2v) is 6.69. The van der Waals surface area contributed by atoms with Crippen molar-refractivity contribution in [1.29, 1.82) is 5.26 Å². The van der Waals surface area contributed by atoms with E-state index in [9.17, 15) is 4.79 Å². The number of carbonyl (C=O) groups is 1. The SMILES string of the molecule is N#CC1CN(C(=O)c2sc3cc(Br)ccc3c2N)CCO1. The molecule has 0 aliphatic carbocycles. The van der Waals surface area contributed by atoms with E-state index in [-0.39, 0.29) is 12.5 Å². The van der Waals surface area contributed by atoms with Gasteiger partial charge in [0.25, 0.3) is 5.91 Å². The number of benzene rings is 1. The highest BCUT2D eigenvalue weighted by molar-refractivity contribution is 9.10. The van der Waals surface area contributed by atoms with E-state index < -0.39 is 6.10 Å². The Hall–Kier alpha value is -1.62. The van der Waals surface area contributed by atoms with E-state index in [0.717, 1.165) is 14.6 Å². The lowest BCUT2D eigenvalue weighted by Crippen LogP contribution is -2.45. The first-order valence-corrected chi connectivity index (χ1v) is 7.99. The molecule has 1 unspecified atom stereocenters. The Labute approximate surface area is 134 Å². The zero-order valence-corrected chi connectivity index (χ0v) is 13.4. The lowest BCUT2D eigenvalue weighted by atomic mass is 10.2. The van der Waals surface area contributed by atoms with Crippen LogP contribution in [0.4, 0.5) is 5.69 Å². The van der Waals surface area contributed by atoms with Crippen molar-refractivity contribution >= 4 is 48.9 Å². The van der Waals surface area contributed by atoms with E-state index in [4.69, 9.17) is 15.7 Å².